The molecular weight excluding hydrogens is 352 g/mol. The van der Waals surface area contributed by atoms with Gasteiger partial charge >= 0.3 is 0 Å². The van der Waals surface area contributed by atoms with Crippen molar-refractivity contribution in [2.45, 2.75) is 64.8 Å². The number of hydrogen-bond acceptors (Lipinski definition) is 4. The predicted octanol–water partition coefficient (Wildman–Crippen LogP) is 1.45. The quantitative estimate of drug-likeness (QED) is 0.283. The molecule has 1 atom stereocenters. The van der Waals surface area contributed by atoms with Crippen LogP contribution in [0, 0.1) is 5.92 Å². The van der Waals surface area contributed by atoms with E-state index in [9.17, 15) is 13.2 Å². The number of rotatable bonds is 11. The monoisotopic (exact) mass is 388 g/mol. The molecule has 1 aliphatic rings. The summed E-state index contributed by atoms with van der Waals surface area (Å²) in [5.74, 6) is 1.59. The number of amides is 1. The maximum absolute atomic E-state index is 11.9. The highest BCUT2D eigenvalue weighted by molar-refractivity contribution is 7.91. The van der Waals surface area contributed by atoms with Gasteiger partial charge in [0.1, 0.15) is 0 Å². The van der Waals surface area contributed by atoms with Crippen LogP contribution in [0.2, 0.25) is 0 Å². The van der Waals surface area contributed by atoms with Gasteiger partial charge in [-0.1, -0.05) is 39.5 Å². The topological polar surface area (TPSA) is 99.7 Å². The summed E-state index contributed by atoms with van der Waals surface area (Å²) in [6.45, 7) is 5.85. The van der Waals surface area contributed by atoms with Gasteiger partial charge in [0.2, 0.25) is 5.91 Å². The number of aliphatic imine (C=N–C) groups is 1. The molecule has 152 valence electrons. The summed E-state index contributed by atoms with van der Waals surface area (Å²) < 4.78 is 22.8. The van der Waals surface area contributed by atoms with E-state index in [0.29, 0.717) is 25.3 Å². The highest BCUT2D eigenvalue weighted by Crippen LogP contribution is 2.11. The van der Waals surface area contributed by atoms with Gasteiger partial charge < -0.3 is 16.0 Å². The fourth-order valence-corrected chi connectivity index (χ4v) is 4.64. The fourth-order valence-electron chi connectivity index (χ4n) is 2.96. The van der Waals surface area contributed by atoms with E-state index in [1.807, 2.05) is 0 Å². The maximum atomic E-state index is 11.9. The molecule has 7 nitrogen and oxygen atoms in total. The Balaban J connectivity index is 2.06. The number of nitrogens with zero attached hydrogens (tertiary/aromatic N) is 1. The summed E-state index contributed by atoms with van der Waals surface area (Å²) in [5.41, 5.74) is 0. The molecule has 0 aromatic heterocycles. The summed E-state index contributed by atoms with van der Waals surface area (Å²) >= 11 is 0. The van der Waals surface area contributed by atoms with Gasteiger partial charge in [-0.2, -0.15) is 0 Å². The zero-order chi connectivity index (χ0) is 19.4. The zero-order valence-electron chi connectivity index (χ0n) is 16.5. The lowest BCUT2D eigenvalue weighted by molar-refractivity contribution is -0.121. The highest BCUT2D eigenvalue weighted by atomic mass is 32.2. The van der Waals surface area contributed by atoms with Crippen LogP contribution in [0.1, 0.15) is 58.8 Å². The van der Waals surface area contributed by atoms with Crippen molar-refractivity contribution in [3.8, 4) is 0 Å². The van der Waals surface area contributed by atoms with Gasteiger partial charge in [-0.15, -0.1) is 0 Å². The van der Waals surface area contributed by atoms with Crippen molar-refractivity contribution in [2.24, 2.45) is 10.9 Å². The lowest BCUT2D eigenvalue weighted by Gasteiger charge is -2.13. The third kappa shape index (κ3) is 10.6. The van der Waals surface area contributed by atoms with Crippen LogP contribution >= 0.6 is 0 Å². The molecule has 1 rings (SSSR count). The summed E-state index contributed by atoms with van der Waals surface area (Å²) in [6, 6.07) is -0.236. The van der Waals surface area contributed by atoms with E-state index in [2.05, 4.69) is 34.8 Å². The Morgan fingerprint density at radius 1 is 1.12 bits per heavy atom. The zero-order valence-corrected chi connectivity index (χ0v) is 17.3. The lowest BCUT2D eigenvalue weighted by Crippen LogP contribution is -2.41. The summed E-state index contributed by atoms with van der Waals surface area (Å²) in [7, 11) is -1.25. The third-order valence-electron chi connectivity index (χ3n) is 4.47. The van der Waals surface area contributed by atoms with Crippen molar-refractivity contribution in [1.82, 2.24) is 16.0 Å². The highest BCUT2D eigenvalue weighted by Gasteiger charge is 2.28. The molecule has 0 bridgehead atoms. The minimum atomic E-state index is -2.96. The third-order valence-corrected chi connectivity index (χ3v) is 6.23. The Bertz CT molecular complexity index is 547. The van der Waals surface area contributed by atoms with Crippen molar-refractivity contribution in [3.63, 3.8) is 0 Å². The molecule has 0 aromatic carbocycles. The fraction of sp³-hybridized carbons (Fsp3) is 0.889. The van der Waals surface area contributed by atoms with Crippen LogP contribution in [0.3, 0.4) is 0 Å². The van der Waals surface area contributed by atoms with E-state index in [1.54, 1.807) is 7.05 Å². The molecule has 1 unspecified atom stereocenters. The number of guanidine groups is 1. The van der Waals surface area contributed by atoms with E-state index < -0.39 is 9.84 Å². The smallest absolute Gasteiger partial charge is 0.222 e. The Kier molecular flexibility index (Phi) is 10.6. The molecule has 1 saturated heterocycles. The van der Waals surface area contributed by atoms with Gasteiger partial charge in [0.25, 0.3) is 0 Å². The first-order chi connectivity index (χ1) is 12.3. The Morgan fingerprint density at radius 2 is 1.81 bits per heavy atom. The maximum Gasteiger partial charge on any atom is 0.222 e. The molecule has 0 aromatic rings. The van der Waals surface area contributed by atoms with Gasteiger partial charge in [-0.3, -0.25) is 9.79 Å². The molecule has 0 aliphatic carbocycles. The van der Waals surface area contributed by atoms with Crippen LogP contribution in [0.25, 0.3) is 0 Å². The molecule has 26 heavy (non-hydrogen) atoms. The van der Waals surface area contributed by atoms with Crippen molar-refractivity contribution >= 4 is 21.7 Å². The standard InChI is InChI=1S/C18H36N4O3S/c1-15(2)8-6-4-5-7-11-20-18(19-3)21-12-9-17(23)22-16-10-13-26(24,25)14-16/h15-16H,4-14H2,1-3H3,(H,22,23)(H2,19,20,21). The Morgan fingerprint density at radius 3 is 2.42 bits per heavy atom. The van der Waals surface area contributed by atoms with Crippen LogP contribution in [-0.2, 0) is 14.6 Å². The van der Waals surface area contributed by atoms with Gasteiger partial charge in [0, 0.05) is 32.6 Å². The lowest BCUT2D eigenvalue weighted by atomic mass is 10.0. The summed E-state index contributed by atoms with van der Waals surface area (Å²) in [5, 5.41) is 9.16. The number of unbranched alkanes of at least 4 members (excludes halogenated alkanes) is 3. The Hall–Kier alpha value is -1.31. The van der Waals surface area contributed by atoms with Gasteiger partial charge in [-0.25, -0.2) is 8.42 Å². The minimum absolute atomic E-state index is 0.0621. The van der Waals surface area contributed by atoms with Gasteiger partial charge in [0.05, 0.1) is 11.5 Å². The van der Waals surface area contributed by atoms with Gasteiger partial charge in [0.15, 0.2) is 15.8 Å². The molecule has 3 N–H and O–H groups in total. The van der Waals surface area contributed by atoms with Crippen LogP contribution in [0.15, 0.2) is 4.99 Å². The molecule has 1 amide bonds. The van der Waals surface area contributed by atoms with E-state index >= 15 is 0 Å². The van der Waals surface area contributed by atoms with E-state index in [0.717, 1.165) is 18.9 Å². The predicted molar refractivity (Wildman–Crippen MR) is 107 cm³/mol. The second kappa shape index (κ2) is 12.1. The van der Waals surface area contributed by atoms with Crippen molar-refractivity contribution < 1.29 is 13.2 Å². The first-order valence-electron chi connectivity index (χ1n) is 9.76. The van der Waals surface area contributed by atoms with E-state index in [1.165, 1.54) is 25.7 Å². The van der Waals surface area contributed by atoms with Gasteiger partial charge in [-0.05, 0) is 18.8 Å². The minimum Gasteiger partial charge on any atom is -0.356 e. The number of carbonyl (C=O) groups excluding carboxylic acids is 1. The van der Waals surface area contributed by atoms with Crippen molar-refractivity contribution in [2.75, 3.05) is 31.6 Å². The number of carbonyl (C=O) groups is 1. The second-order valence-electron chi connectivity index (χ2n) is 7.44. The first kappa shape index (κ1) is 22.7. The molecule has 1 aliphatic heterocycles. The molecule has 1 heterocycles. The van der Waals surface area contributed by atoms with Crippen LogP contribution < -0.4 is 16.0 Å². The molecule has 0 saturated carbocycles. The molecule has 8 heteroatoms. The van der Waals surface area contributed by atoms with Crippen LogP contribution in [0.4, 0.5) is 0 Å². The average Bonchev–Trinajstić information content (AvgIpc) is 2.90. The second-order valence-corrected chi connectivity index (χ2v) is 9.67. The van der Waals surface area contributed by atoms with Crippen LogP contribution in [0.5, 0.6) is 0 Å². The number of sulfone groups is 1. The SMILES string of the molecule is CN=C(NCCCCCCC(C)C)NCCC(=O)NC1CCS(=O)(=O)C1. The van der Waals surface area contributed by atoms with E-state index in [-0.39, 0.29) is 23.5 Å². The average molecular weight is 389 g/mol. The van der Waals surface area contributed by atoms with E-state index in [4.69, 9.17) is 0 Å². The summed E-state index contributed by atoms with van der Waals surface area (Å²) in [6.07, 6.45) is 6.99. The van der Waals surface area contributed by atoms with Crippen molar-refractivity contribution in [1.29, 1.82) is 0 Å². The van der Waals surface area contributed by atoms with Crippen molar-refractivity contribution in [3.05, 3.63) is 0 Å². The molecule has 1 fully saturated rings. The number of hydrogen-bond donors (Lipinski definition) is 3. The molecule has 0 spiro atoms. The molecule has 0 radical (unpaired) electrons. The van der Waals surface area contributed by atoms with Crippen LogP contribution in [-0.4, -0.2) is 58.0 Å². The Labute approximate surface area is 158 Å². The summed E-state index contributed by atoms with van der Waals surface area (Å²) in [4.78, 5) is 16.0. The normalized spacial score (nSPS) is 19.5. The first-order valence-corrected chi connectivity index (χ1v) is 11.6. The number of nitrogens with one attached hydrogen (secondary N) is 3. The largest absolute Gasteiger partial charge is 0.356 e. The molecular formula is C18H36N4O3S.